The molecule has 0 bridgehead atoms. The molecule has 1 unspecified atom stereocenters. The lowest BCUT2D eigenvalue weighted by Gasteiger charge is -2.35. The second-order valence-electron chi connectivity index (χ2n) is 14.6. The molecule has 0 aliphatic heterocycles. The molecule has 3 aromatic carbocycles. The minimum Gasteiger partial charge on any atom is -0.203 e. The predicted molar refractivity (Wildman–Crippen MR) is 198 cm³/mol. The monoisotopic (exact) mass is 672 g/mol. The third-order valence-electron chi connectivity index (χ3n) is 11.3. The van der Waals surface area contributed by atoms with Crippen LogP contribution in [0.25, 0.3) is 27.8 Å². The van der Waals surface area contributed by atoms with E-state index in [1.165, 1.54) is 77.0 Å². The summed E-state index contributed by atoms with van der Waals surface area (Å²) in [5, 5.41) is 0. The van der Waals surface area contributed by atoms with Crippen LogP contribution in [0.1, 0.15) is 134 Å². The Hall–Kier alpha value is -3.14. The van der Waals surface area contributed by atoms with Gasteiger partial charge in [0.25, 0.3) is 0 Å². The lowest BCUT2D eigenvalue weighted by Crippen LogP contribution is -2.23. The molecule has 0 heterocycles. The van der Waals surface area contributed by atoms with E-state index in [4.69, 9.17) is 0 Å². The highest BCUT2D eigenvalue weighted by Gasteiger charge is 2.29. The standard InChI is InChI=1S/C45H56F4/c1-3-5-7-9-10-11-12-14-32-16-18-33(19-17-32)34-20-22-35(23-21-34)40-30-31-41(45(49)44(40)48)37-26-24-36(25-27-37)39-29-28-38(42(46)43(39)47)15-13-8-6-4-2/h6,8,22,24-34H,3-5,7,9-21,23H2,1-2H3. The molecule has 264 valence electrons. The van der Waals surface area contributed by atoms with Crippen LogP contribution in [0, 0.1) is 41.0 Å². The summed E-state index contributed by atoms with van der Waals surface area (Å²) in [6, 6.07) is 13.1. The summed E-state index contributed by atoms with van der Waals surface area (Å²) in [6.07, 6.45) is 27.3. The molecule has 1 saturated carbocycles. The fraction of sp³-hybridized carbons (Fsp3) is 0.511. The first kappa shape index (κ1) is 37.1. The van der Waals surface area contributed by atoms with E-state index >= 15 is 13.2 Å². The van der Waals surface area contributed by atoms with Gasteiger partial charge in [0.15, 0.2) is 23.3 Å². The number of benzene rings is 3. The normalized spacial score (nSPS) is 19.8. The molecule has 2 aliphatic carbocycles. The summed E-state index contributed by atoms with van der Waals surface area (Å²) < 4.78 is 60.9. The van der Waals surface area contributed by atoms with Crippen LogP contribution in [0.15, 0.2) is 66.8 Å². The second-order valence-corrected chi connectivity index (χ2v) is 14.6. The van der Waals surface area contributed by atoms with Gasteiger partial charge in [-0.15, -0.1) is 0 Å². The Labute approximate surface area is 293 Å². The molecule has 0 spiro atoms. The maximum Gasteiger partial charge on any atom is 0.167 e. The Kier molecular flexibility index (Phi) is 14.2. The number of rotatable bonds is 16. The first-order valence-corrected chi connectivity index (χ1v) is 19.3. The van der Waals surface area contributed by atoms with E-state index in [0.29, 0.717) is 41.0 Å². The highest BCUT2D eigenvalue weighted by Crippen LogP contribution is 2.43. The molecule has 2 aliphatic rings. The first-order valence-electron chi connectivity index (χ1n) is 19.3. The zero-order chi connectivity index (χ0) is 34.6. The van der Waals surface area contributed by atoms with Crippen molar-refractivity contribution in [2.45, 2.75) is 129 Å². The van der Waals surface area contributed by atoms with E-state index in [9.17, 15) is 4.39 Å². The Morgan fingerprint density at radius 2 is 1.18 bits per heavy atom. The highest BCUT2D eigenvalue weighted by molar-refractivity contribution is 5.74. The fourth-order valence-electron chi connectivity index (χ4n) is 8.24. The van der Waals surface area contributed by atoms with Crippen molar-refractivity contribution in [3.05, 3.63) is 101 Å². The quantitative estimate of drug-likeness (QED) is 0.0807. The van der Waals surface area contributed by atoms with Crippen LogP contribution in [-0.2, 0) is 6.42 Å². The zero-order valence-corrected chi connectivity index (χ0v) is 29.8. The molecular formula is C45H56F4. The lowest BCUT2D eigenvalue weighted by atomic mass is 9.70. The van der Waals surface area contributed by atoms with Crippen molar-refractivity contribution in [2.75, 3.05) is 0 Å². The molecule has 0 saturated heterocycles. The third-order valence-corrected chi connectivity index (χ3v) is 11.3. The average Bonchev–Trinajstić information content (AvgIpc) is 3.13. The number of hydrogen-bond donors (Lipinski definition) is 0. The summed E-state index contributed by atoms with van der Waals surface area (Å²) in [5.74, 6) is -1.11. The van der Waals surface area contributed by atoms with Crippen LogP contribution < -0.4 is 0 Å². The van der Waals surface area contributed by atoms with E-state index in [1.54, 1.807) is 48.5 Å². The summed E-state index contributed by atoms with van der Waals surface area (Å²) in [6.45, 7) is 4.30. The van der Waals surface area contributed by atoms with Crippen molar-refractivity contribution in [1.82, 2.24) is 0 Å². The van der Waals surface area contributed by atoms with Crippen molar-refractivity contribution in [2.24, 2.45) is 17.8 Å². The average molecular weight is 673 g/mol. The first-order chi connectivity index (χ1) is 23.9. The summed E-state index contributed by atoms with van der Waals surface area (Å²) in [7, 11) is 0. The Morgan fingerprint density at radius 3 is 1.82 bits per heavy atom. The largest absolute Gasteiger partial charge is 0.203 e. The van der Waals surface area contributed by atoms with E-state index < -0.39 is 23.3 Å². The van der Waals surface area contributed by atoms with Crippen LogP contribution in [0.3, 0.4) is 0 Å². The molecular weight excluding hydrogens is 616 g/mol. The lowest BCUT2D eigenvalue weighted by molar-refractivity contribution is 0.187. The Bertz CT molecular complexity index is 1540. The van der Waals surface area contributed by atoms with Gasteiger partial charge < -0.3 is 0 Å². The molecule has 49 heavy (non-hydrogen) atoms. The van der Waals surface area contributed by atoms with Gasteiger partial charge in [-0.05, 0) is 91.4 Å². The smallest absolute Gasteiger partial charge is 0.167 e. The van der Waals surface area contributed by atoms with Gasteiger partial charge in [-0.25, -0.2) is 17.6 Å². The molecule has 0 amide bonds. The van der Waals surface area contributed by atoms with Gasteiger partial charge >= 0.3 is 0 Å². The third kappa shape index (κ3) is 9.77. The second kappa shape index (κ2) is 18.7. The van der Waals surface area contributed by atoms with Gasteiger partial charge in [-0.1, -0.05) is 145 Å². The number of halogens is 4. The molecule has 1 atom stereocenters. The minimum atomic E-state index is -0.888. The van der Waals surface area contributed by atoms with Crippen LogP contribution >= 0.6 is 0 Å². The van der Waals surface area contributed by atoms with Gasteiger partial charge in [0, 0.05) is 16.7 Å². The van der Waals surface area contributed by atoms with Crippen molar-refractivity contribution >= 4 is 5.57 Å². The van der Waals surface area contributed by atoms with E-state index in [1.807, 2.05) is 19.1 Å². The maximum atomic E-state index is 15.5. The van der Waals surface area contributed by atoms with Crippen molar-refractivity contribution in [3.8, 4) is 22.3 Å². The Morgan fingerprint density at radius 1 is 0.592 bits per heavy atom. The minimum absolute atomic E-state index is 0.151. The van der Waals surface area contributed by atoms with Gasteiger partial charge in [0.1, 0.15) is 0 Å². The van der Waals surface area contributed by atoms with Crippen molar-refractivity contribution < 1.29 is 17.6 Å². The van der Waals surface area contributed by atoms with E-state index in [2.05, 4.69) is 13.0 Å². The van der Waals surface area contributed by atoms with Gasteiger partial charge in [-0.2, -0.15) is 0 Å². The molecule has 1 fully saturated rings. The van der Waals surface area contributed by atoms with Gasteiger partial charge in [0.05, 0.1) is 0 Å². The number of unbranched alkanes of at least 4 members (excludes halogenated alkanes) is 6. The molecule has 3 aromatic rings. The molecule has 0 radical (unpaired) electrons. The number of allylic oxidation sites excluding steroid dienone is 4. The van der Waals surface area contributed by atoms with Crippen molar-refractivity contribution in [1.29, 1.82) is 0 Å². The Balaban J connectivity index is 1.15. The SMILES string of the molecule is CCC=CCCc1ccc(-c2ccc(-c3ccc(C4=CCC(C5CCC(CCCCCCCCC)CC5)CC4)c(F)c3F)cc2)c(F)c1F. The topological polar surface area (TPSA) is 0 Å². The maximum absolute atomic E-state index is 15.5. The molecule has 0 N–H and O–H groups in total. The summed E-state index contributed by atoms with van der Waals surface area (Å²) in [4.78, 5) is 0. The van der Waals surface area contributed by atoms with Crippen LogP contribution in [-0.4, -0.2) is 0 Å². The molecule has 4 heteroatoms. The number of aryl methyl sites for hydroxylation is 1. The van der Waals surface area contributed by atoms with E-state index in [0.717, 1.165) is 43.1 Å². The zero-order valence-electron chi connectivity index (χ0n) is 29.8. The molecule has 0 nitrogen and oxygen atoms in total. The highest BCUT2D eigenvalue weighted by atomic mass is 19.2. The molecule has 0 aromatic heterocycles. The van der Waals surface area contributed by atoms with Crippen LogP contribution in [0.4, 0.5) is 17.6 Å². The van der Waals surface area contributed by atoms with E-state index in [-0.39, 0.29) is 11.1 Å². The van der Waals surface area contributed by atoms with Gasteiger partial charge in [0.2, 0.25) is 0 Å². The summed E-state index contributed by atoms with van der Waals surface area (Å²) >= 11 is 0. The fourth-order valence-corrected chi connectivity index (χ4v) is 8.24. The number of hydrogen-bond acceptors (Lipinski definition) is 0. The predicted octanol–water partition coefficient (Wildman–Crippen LogP) is 14.6. The van der Waals surface area contributed by atoms with Crippen LogP contribution in [0.2, 0.25) is 0 Å². The van der Waals surface area contributed by atoms with Crippen LogP contribution in [0.5, 0.6) is 0 Å². The summed E-state index contributed by atoms with van der Waals surface area (Å²) in [5.41, 5.74) is 2.90. The van der Waals surface area contributed by atoms with Gasteiger partial charge in [-0.3, -0.25) is 0 Å². The van der Waals surface area contributed by atoms with Crippen molar-refractivity contribution in [3.63, 3.8) is 0 Å². The molecule has 5 rings (SSSR count).